The number of amides is 1. The second-order valence-corrected chi connectivity index (χ2v) is 6.23. The van der Waals surface area contributed by atoms with Crippen LogP contribution in [0, 0.1) is 0 Å². The topological polar surface area (TPSA) is 97.7 Å². The van der Waals surface area contributed by atoms with Crippen LogP contribution in [0.25, 0.3) is 11.3 Å². The molecule has 8 heteroatoms. The number of fused-ring (bicyclic) bond motifs is 1. The number of aliphatic hydroxyl groups excluding tert-OH is 1. The minimum Gasteiger partial charge on any atom is -0.491 e. The summed E-state index contributed by atoms with van der Waals surface area (Å²) in [6.45, 7) is 0.198. The highest BCUT2D eigenvalue weighted by Gasteiger charge is 2.30. The first-order chi connectivity index (χ1) is 13.6. The van der Waals surface area contributed by atoms with Crippen LogP contribution in [0.1, 0.15) is 21.6 Å². The Morgan fingerprint density at radius 1 is 1.14 bits per heavy atom. The lowest BCUT2D eigenvalue weighted by Crippen LogP contribution is -2.23. The van der Waals surface area contributed by atoms with Crippen LogP contribution >= 0.6 is 0 Å². The summed E-state index contributed by atoms with van der Waals surface area (Å²) in [5.74, 6) is 0.758. The normalized spacial score (nSPS) is 12.8. The van der Waals surface area contributed by atoms with Gasteiger partial charge in [0.15, 0.2) is 5.75 Å². The molecular formula is C20H18N4O4. The fraction of sp³-hybridized carbons (Fsp3) is 0.200. The predicted octanol–water partition coefficient (Wildman–Crippen LogP) is 2.21. The molecule has 4 heterocycles. The second-order valence-electron chi connectivity index (χ2n) is 6.23. The van der Waals surface area contributed by atoms with Crippen molar-refractivity contribution in [2.24, 2.45) is 0 Å². The molecule has 3 aromatic heterocycles. The number of methoxy groups -OCH3 is 2. The van der Waals surface area contributed by atoms with Gasteiger partial charge in [-0.3, -0.25) is 14.8 Å². The molecule has 0 aliphatic carbocycles. The Labute approximate surface area is 161 Å². The number of pyridine rings is 3. The molecule has 1 aliphatic heterocycles. The van der Waals surface area contributed by atoms with Gasteiger partial charge >= 0.3 is 0 Å². The summed E-state index contributed by atoms with van der Waals surface area (Å²) < 4.78 is 10.5. The molecule has 0 spiro atoms. The number of rotatable bonds is 5. The van der Waals surface area contributed by atoms with E-state index in [2.05, 4.69) is 15.0 Å². The minimum atomic E-state index is -0.142. The summed E-state index contributed by atoms with van der Waals surface area (Å²) in [6.07, 6.45) is 4.82. The van der Waals surface area contributed by atoms with Crippen molar-refractivity contribution in [3.8, 4) is 22.9 Å². The van der Waals surface area contributed by atoms with Gasteiger partial charge in [0.05, 0.1) is 56.2 Å². The predicted molar refractivity (Wildman–Crippen MR) is 101 cm³/mol. The molecule has 0 saturated carbocycles. The Balaban J connectivity index is 1.67. The number of hydrogen-bond acceptors (Lipinski definition) is 7. The van der Waals surface area contributed by atoms with Gasteiger partial charge in [-0.1, -0.05) is 0 Å². The third-order valence-electron chi connectivity index (χ3n) is 4.56. The summed E-state index contributed by atoms with van der Waals surface area (Å²) in [6, 6.07) is 7.09. The van der Waals surface area contributed by atoms with Gasteiger partial charge in [0.2, 0.25) is 0 Å². The molecule has 1 amide bonds. The third-order valence-corrected chi connectivity index (χ3v) is 4.56. The monoisotopic (exact) mass is 378 g/mol. The van der Waals surface area contributed by atoms with Crippen molar-refractivity contribution in [1.29, 1.82) is 0 Å². The molecule has 1 aliphatic rings. The van der Waals surface area contributed by atoms with E-state index in [4.69, 9.17) is 9.47 Å². The van der Waals surface area contributed by atoms with Crippen LogP contribution in [0.2, 0.25) is 0 Å². The van der Waals surface area contributed by atoms with Crippen molar-refractivity contribution in [1.82, 2.24) is 15.0 Å². The standard InChI is InChI=1S/C20H18N4O4/c1-27-18-6-13(8-22-19(18)28-2)16-4-3-15-17(23-16)10-24(20(15)26)14-5-12(11-25)7-21-9-14/h3-9,25H,10-11H2,1-2H3. The molecule has 0 radical (unpaired) electrons. The summed E-state index contributed by atoms with van der Waals surface area (Å²) >= 11 is 0. The number of aromatic nitrogens is 3. The number of ether oxygens (including phenoxy) is 2. The molecule has 3 aromatic rings. The van der Waals surface area contributed by atoms with E-state index in [-0.39, 0.29) is 12.5 Å². The maximum absolute atomic E-state index is 12.8. The van der Waals surface area contributed by atoms with Gasteiger partial charge in [-0.2, -0.15) is 0 Å². The van der Waals surface area contributed by atoms with E-state index in [0.29, 0.717) is 46.4 Å². The van der Waals surface area contributed by atoms with E-state index < -0.39 is 0 Å². The number of anilines is 1. The van der Waals surface area contributed by atoms with Crippen LogP contribution in [0.3, 0.4) is 0 Å². The fourth-order valence-electron chi connectivity index (χ4n) is 3.13. The Kier molecular flexibility index (Phi) is 4.62. The van der Waals surface area contributed by atoms with E-state index in [1.807, 2.05) is 0 Å². The summed E-state index contributed by atoms with van der Waals surface area (Å²) in [7, 11) is 3.07. The van der Waals surface area contributed by atoms with Crippen molar-refractivity contribution in [3.63, 3.8) is 0 Å². The lowest BCUT2D eigenvalue weighted by Gasteiger charge is -2.15. The van der Waals surface area contributed by atoms with Crippen molar-refractivity contribution in [2.45, 2.75) is 13.2 Å². The molecule has 28 heavy (non-hydrogen) atoms. The molecule has 0 atom stereocenters. The van der Waals surface area contributed by atoms with Gasteiger partial charge in [0.1, 0.15) is 0 Å². The lowest BCUT2D eigenvalue weighted by atomic mass is 10.1. The van der Waals surface area contributed by atoms with Crippen LogP contribution in [0.4, 0.5) is 5.69 Å². The molecule has 0 fully saturated rings. The van der Waals surface area contributed by atoms with Crippen molar-refractivity contribution in [3.05, 3.63) is 59.7 Å². The van der Waals surface area contributed by atoms with Gasteiger partial charge in [0, 0.05) is 18.0 Å². The molecule has 142 valence electrons. The smallest absolute Gasteiger partial charge is 0.260 e. The van der Waals surface area contributed by atoms with Crippen LogP contribution in [0.15, 0.2) is 42.9 Å². The van der Waals surface area contributed by atoms with Crippen LogP contribution in [-0.2, 0) is 13.2 Å². The van der Waals surface area contributed by atoms with Gasteiger partial charge in [-0.05, 0) is 29.8 Å². The van der Waals surface area contributed by atoms with Crippen LogP contribution in [0.5, 0.6) is 11.6 Å². The first kappa shape index (κ1) is 17.9. The molecule has 8 nitrogen and oxygen atoms in total. The Morgan fingerprint density at radius 3 is 2.75 bits per heavy atom. The Bertz CT molecular complexity index is 1050. The second kappa shape index (κ2) is 7.24. The van der Waals surface area contributed by atoms with Gasteiger partial charge in [-0.15, -0.1) is 0 Å². The van der Waals surface area contributed by atoms with Crippen molar-refractivity contribution >= 4 is 11.6 Å². The summed E-state index contributed by atoms with van der Waals surface area (Å²) in [4.78, 5) is 27.4. The van der Waals surface area contributed by atoms with E-state index in [9.17, 15) is 9.90 Å². The average molecular weight is 378 g/mol. The molecule has 0 unspecified atom stereocenters. The highest BCUT2D eigenvalue weighted by Crippen LogP contribution is 2.32. The number of nitrogens with zero attached hydrogens (tertiary/aromatic N) is 4. The molecule has 0 saturated heterocycles. The molecule has 0 bridgehead atoms. The van der Waals surface area contributed by atoms with Crippen LogP contribution in [-0.4, -0.2) is 40.2 Å². The van der Waals surface area contributed by atoms with E-state index in [0.717, 1.165) is 5.56 Å². The number of aliphatic hydroxyl groups is 1. The van der Waals surface area contributed by atoms with Gasteiger partial charge in [-0.25, -0.2) is 4.98 Å². The summed E-state index contributed by atoms with van der Waals surface area (Å²) in [5, 5.41) is 9.31. The lowest BCUT2D eigenvalue weighted by molar-refractivity contribution is 0.0996. The number of carbonyl (C=O) groups excluding carboxylic acids is 1. The fourth-order valence-corrected chi connectivity index (χ4v) is 3.13. The van der Waals surface area contributed by atoms with Gasteiger partial charge < -0.3 is 19.5 Å². The van der Waals surface area contributed by atoms with Crippen molar-refractivity contribution < 1.29 is 19.4 Å². The van der Waals surface area contributed by atoms with Crippen LogP contribution < -0.4 is 14.4 Å². The quantitative estimate of drug-likeness (QED) is 0.727. The maximum Gasteiger partial charge on any atom is 0.260 e. The molecule has 1 N–H and O–H groups in total. The molecular weight excluding hydrogens is 360 g/mol. The van der Waals surface area contributed by atoms with E-state index in [1.165, 1.54) is 7.11 Å². The largest absolute Gasteiger partial charge is 0.491 e. The Morgan fingerprint density at radius 2 is 2.00 bits per heavy atom. The number of carbonyl (C=O) groups is 1. The first-order valence-corrected chi connectivity index (χ1v) is 8.59. The van der Waals surface area contributed by atoms with Crippen molar-refractivity contribution in [2.75, 3.05) is 19.1 Å². The minimum absolute atomic E-state index is 0.134. The van der Waals surface area contributed by atoms with E-state index >= 15 is 0 Å². The zero-order valence-electron chi connectivity index (χ0n) is 15.4. The zero-order valence-corrected chi connectivity index (χ0v) is 15.4. The highest BCUT2D eigenvalue weighted by molar-refractivity contribution is 6.09. The third kappa shape index (κ3) is 3.03. The SMILES string of the molecule is COc1cc(-c2ccc3c(n2)CN(c2cncc(CO)c2)C3=O)cnc1OC. The zero-order chi connectivity index (χ0) is 19.7. The molecule has 0 aromatic carbocycles. The van der Waals surface area contributed by atoms with E-state index in [1.54, 1.807) is 54.9 Å². The average Bonchev–Trinajstić information content (AvgIpc) is 3.09. The number of hydrogen-bond donors (Lipinski definition) is 1. The highest BCUT2D eigenvalue weighted by atomic mass is 16.5. The Hall–Kier alpha value is -3.52. The molecule has 4 rings (SSSR count). The summed E-state index contributed by atoms with van der Waals surface area (Å²) in [5.41, 5.74) is 3.94. The maximum atomic E-state index is 12.8. The van der Waals surface area contributed by atoms with Gasteiger partial charge in [0.25, 0.3) is 11.8 Å². The first-order valence-electron chi connectivity index (χ1n) is 8.59.